The Balaban J connectivity index is 1.69. The third-order valence-corrected chi connectivity index (χ3v) is 3.61. The first kappa shape index (κ1) is 15.7. The first-order valence-electron chi connectivity index (χ1n) is 7.46. The van der Waals surface area contributed by atoms with Crippen molar-refractivity contribution in [2.45, 2.75) is 13.0 Å². The zero-order valence-corrected chi connectivity index (χ0v) is 13.4. The fourth-order valence-corrected chi connectivity index (χ4v) is 2.27. The molecule has 0 aliphatic carbocycles. The largest absolute Gasteiger partial charge is 0.497 e. The van der Waals surface area contributed by atoms with Gasteiger partial charge in [-0.3, -0.25) is 4.79 Å². The smallest absolute Gasteiger partial charge is 0.264 e. The summed E-state index contributed by atoms with van der Waals surface area (Å²) in [7, 11) is 1.60. The summed E-state index contributed by atoms with van der Waals surface area (Å²) in [6.45, 7) is 1.75. The van der Waals surface area contributed by atoms with Crippen LogP contribution in [0.1, 0.15) is 18.5 Å². The molecule has 7 nitrogen and oxygen atoms in total. The number of fused-ring (bicyclic) bond motifs is 1. The molecule has 1 aromatic heterocycles. The standard InChI is InChI=1S/C17H17N5O2/c1-12(22-16-9-4-3-8-15(16)19-21-22)17(23)20-18-11-13-6-5-7-14(10-13)24-2/h3-12H,1-2H3,(H,20,23)/b18-11-/t12-/m1/s1. The normalized spacial score (nSPS) is 12.4. The molecular formula is C17H17N5O2. The lowest BCUT2D eigenvalue weighted by molar-refractivity contribution is -0.124. The molecular weight excluding hydrogens is 306 g/mol. The lowest BCUT2D eigenvalue weighted by Gasteiger charge is -2.10. The van der Waals surface area contributed by atoms with E-state index in [-0.39, 0.29) is 5.91 Å². The fourth-order valence-electron chi connectivity index (χ4n) is 2.27. The van der Waals surface area contributed by atoms with Crippen molar-refractivity contribution in [3.05, 3.63) is 54.1 Å². The number of carbonyl (C=O) groups is 1. The van der Waals surface area contributed by atoms with Crippen LogP contribution >= 0.6 is 0 Å². The second-order valence-corrected chi connectivity index (χ2v) is 5.21. The third-order valence-electron chi connectivity index (χ3n) is 3.61. The van der Waals surface area contributed by atoms with Crippen LogP contribution in [0.3, 0.4) is 0 Å². The number of amides is 1. The van der Waals surface area contributed by atoms with Crippen LogP contribution in [0.25, 0.3) is 11.0 Å². The van der Waals surface area contributed by atoms with Gasteiger partial charge >= 0.3 is 0 Å². The van der Waals surface area contributed by atoms with Crippen LogP contribution < -0.4 is 10.2 Å². The van der Waals surface area contributed by atoms with Gasteiger partial charge in [0.2, 0.25) is 0 Å². The number of hydrogen-bond donors (Lipinski definition) is 1. The molecule has 0 saturated carbocycles. The van der Waals surface area contributed by atoms with Gasteiger partial charge in [0.1, 0.15) is 17.3 Å². The number of ether oxygens (including phenoxy) is 1. The van der Waals surface area contributed by atoms with E-state index in [1.54, 1.807) is 24.9 Å². The summed E-state index contributed by atoms with van der Waals surface area (Å²) in [6, 6.07) is 14.3. The number of methoxy groups -OCH3 is 1. The van der Waals surface area contributed by atoms with Gasteiger partial charge in [0.05, 0.1) is 18.8 Å². The lowest BCUT2D eigenvalue weighted by Crippen LogP contribution is -2.28. The highest BCUT2D eigenvalue weighted by Crippen LogP contribution is 2.15. The number of benzene rings is 2. The second kappa shape index (κ2) is 6.91. The SMILES string of the molecule is COc1cccc(/C=N\NC(=O)[C@@H](C)n2nnc3ccccc32)c1. The molecule has 0 unspecified atom stereocenters. The molecule has 3 aromatic rings. The average Bonchev–Trinajstić information content (AvgIpc) is 3.05. The Labute approximate surface area is 138 Å². The summed E-state index contributed by atoms with van der Waals surface area (Å²) >= 11 is 0. The quantitative estimate of drug-likeness (QED) is 0.576. The Morgan fingerprint density at radius 2 is 2.12 bits per heavy atom. The van der Waals surface area contributed by atoms with Gasteiger partial charge in [-0.05, 0) is 36.8 Å². The van der Waals surface area contributed by atoms with E-state index in [4.69, 9.17) is 4.74 Å². The molecule has 1 N–H and O–H groups in total. The van der Waals surface area contributed by atoms with E-state index in [1.807, 2.05) is 48.5 Å². The summed E-state index contributed by atoms with van der Waals surface area (Å²) < 4.78 is 6.72. The van der Waals surface area contributed by atoms with Crippen LogP contribution in [0.5, 0.6) is 5.75 Å². The molecule has 24 heavy (non-hydrogen) atoms. The molecule has 0 spiro atoms. The number of hydrogen-bond acceptors (Lipinski definition) is 5. The maximum absolute atomic E-state index is 12.3. The molecule has 122 valence electrons. The highest BCUT2D eigenvalue weighted by molar-refractivity contribution is 5.85. The van der Waals surface area contributed by atoms with Crippen molar-refractivity contribution < 1.29 is 9.53 Å². The number of para-hydroxylation sites is 1. The van der Waals surface area contributed by atoms with E-state index in [0.717, 1.165) is 22.3 Å². The minimum Gasteiger partial charge on any atom is -0.497 e. The van der Waals surface area contributed by atoms with Crippen molar-refractivity contribution in [1.29, 1.82) is 0 Å². The zero-order valence-electron chi connectivity index (χ0n) is 13.4. The lowest BCUT2D eigenvalue weighted by atomic mass is 10.2. The molecule has 1 heterocycles. The zero-order chi connectivity index (χ0) is 16.9. The van der Waals surface area contributed by atoms with Crippen molar-refractivity contribution >= 4 is 23.2 Å². The number of nitrogens with one attached hydrogen (secondary N) is 1. The van der Waals surface area contributed by atoms with E-state index in [0.29, 0.717) is 0 Å². The molecule has 0 aliphatic rings. The monoisotopic (exact) mass is 323 g/mol. The summed E-state index contributed by atoms with van der Waals surface area (Å²) in [5.41, 5.74) is 4.90. The Morgan fingerprint density at radius 1 is 1.29 bits per heavy atom. The Kier molecular flexibility index (Phi) is 4.51. The molecule has 3 rings (SSSR count). The van der Waals surface area contributed by atoms with Gasteiger partial charge in [0.25, 0.3) is 5.91 Å². The molecule has 0 bridgehead atoms. The Bertz CT molecular complexity index is 887. The van der Waals surface area contributed by atoms with Crippen molar-refractivity contribution in [2.24, 2.45) is 5.10 Å². The second-order valence-electron chi connectivity index (χ2n) is 5.21. The van der Waals surface area contributed by atoms with E-state index in [2.05, 4.69) is 20.8 Å². The predicted octanol–water partition coefficient (Wildman–Crippen LogP) is 2.15. The third kappa shape index (κ3) is 3.24. The van der Waals surface area contributed by atoms with Gasteiger partial charge < -0.3 is 4.74 Å². The molecule has 2 aromatic carbocycles. The summed E-state index contributed by atoms with van der Waals surface area (Å²) in [5.74, 6) is 0.456. The van der Waals surface area contributed by atoms with Gasteiger partial charge in [-0.1, -0.05) is 29.5 Å². The highest BCUT2D eigenvalue weighted by Gasteiger charge is 2.18. The van der Waals surface area contributed by atoms with Crippen molar-refractivity contribution in [3.8, 4) is 5.75 Å². The van der Waals surface area contributed by atoms with Crippen LogP contribution in [0.2, 0.25) is 0 Å². The van der Waals surface area contributed by atoms with E-state index >= 15 is 0 Å². The van der Waals surface area contributed by atoms with Gasteiger partial charge in [-0.15, -0.1) is 5.10 Å². The van der Waals surface area contributed by atoms with Crippen LogP contribution in [-0.4, -0.2) is 34.2 Å². The topological polar surface area (TPSA) is 81.4 Å². The maximum Gasteiger partial charge on any atom is 0.264 e. The van der Waals surface area contributed by atoms with Gasteiger partial charge in [0, 0.05) is 0 Å². The molecule has 1 amide bonds. The predicted molar refractivity (Wildman–Crippen MR) is 91.0 cm³/mol. The minimum atomic E-state index is -0.528. The van der Waals surface area contributed by atoms with Crippen molar-refractivity contribution in [1.82, 2.24) is 20.4 Å². The average molecular weight is 323 g/mol. The van der Waals surface area contributed by atoms with E-state index < -0.39 is 6.04 Å². The first-order valence-corrected chi connectivity index (χ1v) is 7.46. The van der Waals surface area contributed by atoms with E-state index in [9.17, 15) is 4.79 Å². The highest BCUT2D eigenvalue weighted by atomic mass is 16.5. The van der Waals surface area contributed by atoms with Gasteiger partial charge in [-0.25, -0.2) is 10.1 Å². The molecule has 0 saturated heterocycles. The van der Waals surface area contributed by atoms with Crippen molar-refractivity contribution in [2.75, 3.05) is 7.11 Å². The van der Waals surface area contributed by atoms with Crippen LogP contribution in [0.4, 0.5) is 0 Å². The number of nitrogens with zero attached hydrogens (tertiary/aromatic N) is 4. The molecule has 7 heteroatoms. The van der Waals surface area contributed by atoms with Crippen LogP contribution in [-0.2, 0) is 4.79 Å². The Hall–Kier alpha value is -3.22. The fraction of sp³-hybridized carbons (Fsp3) is 0.176. The first-order chi connectivity index (χ1) is 11.7. The maximum atomic E-state index is 12.3. The van der Waals surface area contributed by atoms with Crippen molar-refractivity contribution in [3.63, 3.8) is 0 Å². The minimum absolute atomic E-state index is 0.273. The van der Waals surface area contributed by atoms with Gasteiger partial charge in [-0.2, -0.15) is 5.10 Å². The Morgan fingerprint density at radius 3 is 2.96 bits per heavy atom. The molecule has 0 radical (unpaired) electrons. The number of aromatic nitrogens is 3. The number of rotatable bonds is 5. The van der Waals surface area contributed by atoms with Gasteiger partial charge in [0.15, 0.2) is 0 Å². The van der Waals surface area contributed by atoms with Crippen LogP contribution in [0.15, 0.2) is 53.6 Å². The summed E-state index contributed by atoms with van der Waals surface area (Å²) in [5, 5.41) is 12.1. The summed E-state index contributed by atoms with van der Waals surface area (Å²) in [6.07, 6.45) is 1.56. The molecule has 0 fully saturated rings. The van der Waals surface area contributed by atoms with Crippen LogP contribution in [0, 0.1) is 0 Å². The van der Waals surface area contributed by atoms with E-state index in [1.165, 1.54) is 0 Å². The number of carbonyl (C=O) groups excluding carboxylic acids is 1. The molecule has 1 atom stereocenters. The molecule has 0 aliphatic heterocycles. The number of hydrazone groups is 1. The summed E-state index contributed by atoms with van der Waals surface area (Å²) in [4.78, 5) is 12.3.